The fourth-order valence-electron chi connectivity index (χ4n) is 2.33. The highest BCUT2D eigenvalue weighted by atomic mass is 32.2. The Morgan fingerprint density at radius 1 is 1.38 bits per heavy atom. The van der Waals surface area contributed by atoms with Crippen LogP contribution in [0, 0.1) is 16.0 Å². The number of nitro benzene ring substituents is 1. The van der Waals surface area contributed by atoms with E-state index in [1.807, 2.05) is 0 Å². The van der Waals surface area contributed by atoms with E-state index in [1.165, 1.54) is 36.9 Å². The van der Waals surface area contributed by atoms with E-state index in [4.69, 9.17) is 0 Å². The lowest BCUT2D eigenvalue weighted by Crippen LogP contribution is -2.44. The SMILES string of the molecule is CC1C(=O)C2=C(c3ccc([N+](=O)[O-])cc3SC2)[O+]([O-])C1=O. The van der Waals surface area contributed by atoms with Crippen molar-refractivity contribution in [1.82, 2.24) is 0 Å². The average molecular weight is 307 g/mol. The topological polar surface area (TPSA) is 103 Å². The summed E-state index contributed by atoms with van der Waals surface area (Å²) in [7, 11) is 0. The van der Waals surface area contributed by atoms with Crippen molar-refractivity contribution in [2.75, 3.05) is 5.75 Å². The quantitative estimate of drug-likeness (QED) is 0.191. The van der Waals surface area contributed by atoms with Gasteiger partial charge in [-0.2, -0.15) is 0 Å². The molecule has 0 saturated carbocycles. The van der Waals surface area contributed by atoms with E-state index in [0.717, 1.165) is 4.52 Å². The first-order valence-corrected chi connectivity index (χ1v) is 7.05. The molecule has 0 bridgehead atoms. The number of carbonyl (C=O) groups excluding carboxylic acids is 2. The van der Waals surface area contributed by atoms with Gasteiger partial charge < -0.3 is 9.78 Å². The second-order valence-electron chi connectivity index (χ2n) is 4.71. The van der Waals surface area contributed by atoms with Gasteiger partial charge in [-0.05, 0) is 13.0 Å². The van der Waals surface area contributed by atoms with Crippen LogP contribution in [0.25, 0.3) is 5.76 Å². The van der Waals surface area contributed by atoms with E-state index in [-0.39, 0.29) is 28.6 Å². The molecule has 0 fully saturated rings. The van der Waals surface area contributed by atoms with Gasteiger partial charge in [-0.15, -0.1) is 11.8 Å². The third-order valence-electron chi connectivity index (χ3n) is 3.48. The number of rotatable bonds is 1. The molecule has 0 spiro atoms. The molecule has 0 saturated heterocycles. The zero-order chi connectivity index (χ0) is 15.3. The molecule has 2 aliphatic heterocycles. The normalized spacial score (nSPS) is 21.2. The number of nitrogens with zero attached hydrogens (tertiary/aromatic N) is 1. The Labute approximate surface area is 123 Å². The molecule has 8 heteroatoms. The Bertz CT molecular complexity index is 725. The van der Waals surface area contributed by atoms with Gasteiger partial charge >= 0.3 is 5.97 Å². The molecule has 7 nitrogen and oxygen atoms in total. The number of Topliss-reactive ketones (excluding diaryl/α,β-unsaturated/α-hetero) is 1. The molecule has 1 unspecified atom stereocenters. The van der Waals surface area contributed by atoms with Crippen molar-refractivity contribution in [3.63, 3.8) is 0 Å². The van der Waals surface area contributed by atoms with Crippen molar-refractivity contribution in [1.29, 1.82) is 0 Å². The van der Waals surface area contributed by atoms with Gasteiger partial charge in [0.15, 0.2) is 17.5 Å². The lowest BCUT2D eigenvalue weighted by Gasteiger charge is -2.36. The standard InChI is InChI=1S/C13H9NO6S/c1-6-11(15)9-5-21-10-4-7(14(17)18)2-3-8(10)12(9)20(19)13(6)16/h2-4,6H,5H2,1H3. The van der Waals surface area contributed by atoms with Gasteiger partial charge in [0.25, 0.3) is 5.69 Å². The van der Waals surface area contributed by atoms with Crippen LogP contribution < -0.4 is 5.26 Å². The van der Waals surface area contributed by atoms with Gasteiger partial charge in [0.1, 0.15) is 0 Å². The van der Waals surface area contributed by atoms with Crippen LogP contribution in [0.3, 0.4) is 0 Å². The molecule has 1 aromatic carbocycles. The number of hydrogen-bond acceptors (Lipinski definition) is 6. The van der Waals surface area contributed by atoms with E-state index in [9.17, 15) is 25.0 Å². The van der Waals surface area contributed by atoms with Gasteiger partial charge in [-0.3, -0.25) is 14.9 Å². The van der Waals surface area contributed by atoms with Crippen molar-refractivity contribution in [2.24, 2.45) is 5.92 Å². The van der Waals surface area contributed by atoms with Crippen LogP contribution in [0.15, 0.2) is 28.7 Å². The predicted octanol–water partition coefficient (Wildman–Crippen LogP) is 0.985. The molecule has 1 atom stereocenters. The van der Waals surface area contributed by atoms with Crippen molar-refractivity contribution >= 4 is 35.0 Å². The first-order chi connectivity index (χ1) is 9.91. The number of hydrogen-bond donors (Lipinski definition) is 0. The monoisotopic (exact) mass is 307 g/mol. The van der Waals surface area contributed by atoms with Crippen LogP contribution in [-0.2, 0) is 14.1 Å². The molecule has 2 aliphatic rings. The minimum Gasteiger partial charge on any atom is -0.587 e. The Kier molecular flexibility index (Phi) is 3.07. The lowest BCUT2D eigenvalue weighted by atomic mass is 9.94. The zero-order valence-corrected chi connectivity index (χ0v) is 11.6. The molecular formula is C13H9NO6S. The average Bonchev–Trinajstić information content (AvgIpc) is 2.49. The molecule has 0 aliphatic carbocycles. The Hall–Kier alpha value is -2.19. The number of ketones is 1. The second-order valence-corrected chi connectivity index (χ2v) is 5.72. The van der Waals surface area contributed by atoms with Crippen LogP contribution in [-0.4, -0.2) is 22.4 Å². The van der Waals surface area contributed by atoms with Gasteiger partial charge in [-0.1, -0.05) is 0 Å². The van der Waals surface area contributed by atoms with Gasteiger partial charge in [0.05, 0.1) is 16.1 Å². The fourth-order valence-corrected chi connectivity index (χ4v) is 3.43. The van der Waals surface area contributed by atoms with Crippen LogP contribution in [0.1, 0.15) is 12.5 Å². The summed E-state index contributed by atoms with van der Waals surface area (Å²) in [6, 6.07) is 3.98. The zero-order valence-electron chi connectivity index (χ0n) is 10.8. The number of thioether (sulfide) groups is 1. The van der Waals surface area contributed by atoms with E-state index < -0.39 is 16.8 Å². The van der Waals surface area contributed by atoms with Crippen molar-refractivity contribution < 1.29 is 24.3 Å². The maximum atomic E-state index is 12.1. The largest absolute Gasteiger partial charge is 0.587 e. The van der Waals surface area contributed by atoms with Gasteiger partial charge in [0, 0.05) is 27.6 Å². The summed E-state index contributed by atoms with van der Waals surface area (Å²) in [5.41, 5.74) is 0.531. The minimum atomic E-state index is -1.01. The van der Waals surface area contributed by atoms with Crippen molar-refractivity contribution in [3.8, 4) is 0 Å². The number of benzene rings is 1. The molecule has 0 N–H and O–H groups in total. The van der Waals surface area contributed by atoms with Crippen LogP contribution in [0.2, 0.25) is 0 Å². The number of carbonyl (C=O) groups is 2. The lowest BCUT2D eigenvalue weighted by molar-refractivity contribution is -0.725. The summed E-state index contributed by atoms with van der Waals surface area (Å²) in [4.78, 5) is 34.7. The van der Waals surface area contributed by atoms with Crippen LogP contribution in [0.5, 0.6) is 0 Å². The summed E-state index contributed by atoms with van der Waals surface area (Å²) in [6.45, 7) is 1.39. The Morgan fingerprint density at radius 3 is 2.76 bits per heavy atom. The highest BCUT2D eigenvalue weighted by Crippen LogP contribution is 2.44. The third kappa shape index (κ3) is 1.95. The molecule has 3 rings (SSSR count). The van der Waals surface area contributed by atoms with E-state index in [0.29, 0.717) is 10.5 Å². The highest BCUT2D eigenvalue weighted by Gasteiger charge is 2.45. The molecule has 1 aromatic rings. The summed E-state index contributed by atoms with van der Waals surface area (Å²) in [6.07, 6.45) is 0. The Morgan fingerprint density at radius 2 is 2.10 bits per heavy atom. The highest BCUT2D eigenvalue weighted by molar-refractivity contribution is 7.99. The first-order valence-electron chi connectivity index (χ1n) is 6.06. The minimum absolute atomic E-state index is 0.0493. The molecular weight excluding hydrogens is 298 g/mol. The summed E-state index contributed by atoms with van der Waals surface area (Å²) in [5.74, 6) is -2.09. The Balaban J connectivity index is 2.18. The van der Waals surface area contributed by atoms with Crippen molar-refractivity contribution in [2.45, 2.75) is 11.8 Å². The van der Waals surface area contributed by atoms with Crippen molar-refractivity contribution in [3.05, 3.63) is 39.4 Å². The summed E-state index contributed by atoms with van der Waals surface area (Å²) < 4.78 is 1.16. The number of non-ortho nitro benzene ring substituents is 1. The van der Waals surface area contributed by atoms with E-state index in [1.54, 1.807) is 0 Å². The third-order valence-corrected chi connectivity index (χ3v) is 4.56. The number of fused-ring (bicyclic) bond motifs is 2. The maximum Gasteiger partial charge on any atom is 0.536 e. The fraction of sp³-hybridized carbons (Fsp3) is 0.231. The van der Waals surface area contributed by atoms with Gasteiger partial charge in [0.2, 0.25) is 0 Å². The smallest absolute Gasteiger partial charge is 0.536 e. The molecule has 2 heterocycles. The molecule has 0 aromatic heterocycles. The van der Waals surface area contributed by atoms with Gasteiger partial charge in [-0.25, -0.2) is 0 Å². The summed E-state index contributed by atoms with van der Waals surface area (Å²) in [5, 5.41) is 22.8. The van der Waals surface area contributed by atoms with E-state index in [2.05, 4.69) is 0 Å². The van der Waals surface area contributed by atoms with Crippen LogP contribution in [0.4, 0.5) is 5.69 Å². The second kappa shape index (κ2) is 4.68. The maximum absolute atomic E-state index is 12.1. The predicted molar refractivity (Wildman–Crippen MR) is 71.0 cm³/mol. The van der Waals surface area contributed by atoms with E-state index >= 15 is 0 Å². The summed E-state index contributed by atoms with van der Waals surface area (Å²) >= 11 is 1.24. The molecule has 0 radical (unpaired) electrons. The molecule has 21 heavy (non-hydrogen) atoms. The molecule has 0 amide bonds. The van der Waals surface area contributed by atoms with Crippen LogP contribution >= 0.6 is 11.8 Å². The molecule has 108 valence electrons. The first kappa shape index (κ1) is 13.8. The number of nitro groups is 1.